The summed E-state index contributed by atoms with van der Waals surface area (Å²) in [6, 6.07) is 13.3. The first-order valence-electron chi connectivity index (χ1n) is 10.1. The Morgan fingerprint density at radius 1 is 1.13 bits per heavy atom. The van der Waals surface area contributed by atoms with Crippen LogP contribution >= 0.6 is 0 Å². The van der Waals surface area contributed by atoms with Gasteiger partial charge in [-0.25, -0.2) is 0 Å². The average molecular weight is 406 g/mol. The summed E-state index contributed by atoms with van der Waals surface area (Å²) in [6.07, 6.45) is 1.76. The molecule has 1 N–H and O–H groups in total. The van der Waals surface area contributed by atoms with Crippen molar-refractivity contribution >= 4 is 0 Å². The maximum absolute atomic E-state index is 9.37. The van der Waals surface area contributed by atoms with Crippen LogP contribution in [0.25, 0.3) is 22.8 Å². The number of nitrogens with zero attached hydrogens (tertiary/aromatic N) is 3. The number of aromatic nitrogens is 2. The highest BCUT2D eigenvalue weighted by atomic mass is 16.5. The lowest BCUT2D eigenvalue weighted by atomic mass is 10.0. The lowest BCUT2D eigenvalue weighted by Crippen LogP contribution is -2.11. The van der Waals surface area contributed by atoms with Crippen LogP contribution in [-0.4, -0.2) is 36.9 Å². The van der Waals surface area contributed by atoms with Crippen LogP contribution in [-0.2, 0) is 6.42 Å². The standard InChI is InChI=1S/C23H26N4O3/c1-4-16-14-19(29-12-6-11-25-3)8-9-20(16)22-26-23(30-27-22)17-7-10-21(28-5-2)18(13-17)15-24/h7-10,13-14,25H,4-6,11-12H2,1-3H3. The van der Waals surface area contributed by atoms with Gasteiger partial charge < -0.3 is 19.3 Å². The van der Waals surface area contributed by atoms with E-state index in [1.807, 2.05) is 38.2 Å². The van der Waals surface area contributed by atoms with Crippen molar-refractivity contribution in [2.24, 2.45) is 0 Å². The van der Waals surface area contributed by atoms with Gasteiger partial charge in [-0.3, -0.25) is 0 Å². The van der Waals surface area contributed by atoms with E-state index >= 15 is 0 Å². The van der Waals surface area contributed by atoms with Gasteiger partial charge in [-0.05, 0) is 75.3 Å². The van der Waals surface area contributed by atoms with Crippen LogP contribution < -0.4 is 14.8 Å². The van der Waals surface area contributed by atoms with E-state index < -0.39 is 0 Å². The minimum Gasteiger partial charge on any atom is -0.494 e. The molecule has 0 fully saturated rings. The Morgan fingerprint density at radius 3 is 2.73 bits per heavy atom. The van der Waals surface area contributed by atoms with Crippen molar-refractivity contribution in [1.29, 1.82) is 5.26 Å². The average Bonchev–Trinajstić information content (AvgIpc) is 3.27. The van der Waals surface area contributed by atoms with Gasteiger partial charge in [0, 0.05) is 11.1 Å². The predicted molar refractivity (Wildman–Crippen MR) is 114 cm³/mol. The molecule has 0 saturated carbocycles. The first-order valence-corrected chi connectivity index (χ1v) is 10.1. The molecule has 0 atom stereocenters. The molecule has 0 amide bonds. The molecule has 0 bridgehead atoms. The summed E-state index contributed by atoms with van der Waals surface area (Å²) in [5.74, 6) is 2.25. The Labute approximate surface area is 176 Å². The van der Waals surface area contributed by atoms with Gasteiger partial charge in [0.1, 0.15) is 17.6 Å². The van der Waals surface area contributed by atoms with Crippen molar-refractivity contribution in [1.82, 2.24) is 15.5 Å². The van der Waals surface area contributed by atoms with E-state index in [0.717, 1.165) is 36.3 Å². The lowest BCUT2D eigenvalue weighted by molar-refractivity contribution is 0.309. The molecule has 0 aliphatic carbocycles. The van der Waals surface area contributed by atoms with Crippen LogP contribution in [0.2, 0.25) is 0 Å². The zero-order valence-electron chi connectivity index (χ0n) is 17.6. The molecular weight excluding hydrogens is 380 g/mol. The minimum atomic E-state index is 0.360. The monoisotopic (exact) mass is 406 g/mol. The van der Waals surface area contributed by atoms with E-state index in [1.165, 1.54) is 0 Å². The van der Waals surface area contributed by atoms with Crippen molar-refractivity contribution in [2.45, 2.75) is 26.7 Å². The molecule has 0 unspecified atom stereocenters. The Kier molecular flexibility index (Phi) is 7.41. The molecule has 1 aromatic heterocycles. The number of nitriles is 1. The molecular formula is C23H26N4O3. The summed E-state index contributed by atoms with van der Waals surface area (Å²) in [4.78, 5) is 4.55. The number of hydrogen-bond acceptors (Lipinski definition) is 7. The number of nitrogens with one attached hydrogen (secondary N) is 1. The fourth-order valence-electron chi connectivity index (χ4n) is 3.09. The zero-order valence-corrected chi connectivity index (χ0v) is 17.6. The lowest BCUT2D eigenvalue weighted by Gasteiger charge is -2.10. The van der Waals surface area contributed by atoms with E-state index in [-0.39, 0.29) is 0 Å². The van der Waals surface area contributed by atoms with Gasteiger partial charge in [0.2, 0.25) is 5.82 Å². The molecule has 7 nitrogen and oxygen atoms in total. The number of benzene rings is 2. The molecule has 156 valence electrons. The highest BCUT2D eigenvalue weighted by Gasteiger charge is 2.16. The molecule has 3 rings (SSSR count). The first kappa shape index (κ1) is 21.3. The second kappa shape index (κ2) is 10.4. The van der Waals surface area contributed by atoms with Crippen LogP contribution in [0.4, 0.5) is 0 Å². The van der Waals surface area contributed by atoms with Crippen molar-refractivity contribution in [3.8, 4) is 40.4 Å². The fourth-order valence-corrected chi connectivity index (χ4v) is 3.09. The number of rotatable bonds is 10. The van der Waals surface area contributed by atoms with Crippen LogP contribution in [0.1, 0.15) is 31.4 Å². The van der Waals surface area contributed by atoms with E-state index in [0.29, 0.717) is 41.8 Å². The first-order chi connectivity index (χ1) is 14.7. The van der Waals surface area contributed by atoms with Crippen LogP contribution in [0.3, 0.4) is 0 Å². The Balaban J connectivity index is 1.83. The maximum Gasteiger partial charge on any atom is 0.258 e. The van der Waals surface area contributed by atoms with Gasteiger partial charge >= 0.3 is 0 Å². The fraction of sp³-hybridized carbons (Fsp3) is 0.348. The number of ether oxygens (including phenoxy) is 2. The summed E-state index contributed by atoms with van der Waals surface area (Å²) in [5, 5.41) is 16.6. The Hall–Kier alpha value is -3.37. The third-order valence-electron chi connectivity index (χ3n) is 4.61. The molecule has 0 spiro atoms. The third-order valence-corrected chi connectivity index (χ3v) is 4.61. The van der Waals surface area contributed by atoms with Crippen molar-refractivity contribution < 1.29 is 14.0 Å². The molecule has 0 aliphatic heterocycles. The largest absolute Gasteiger partial charge is 0.494 e. The summed E-state index contributed by atoms with van der Waals surface area (Å²) in [5.41, 5.74) is 3.10. The van der Waals surface area contributed by atoms with Crippen molar-refractivity contribution in [2.75, 3.05) is 26.8 Å². The van der Waals surface area contributed by atoms with Crippen molar-refractivity contribution in [3.63, 3.8) is 0 Å². The molecule has 0 radical (unpaired) electrons. The highest BCUT2D eigenvalue weighted by Crippen LogP contribution is 2.30. The van der Waals surface area contributed by atoms with Crippen molar-refractivity contribution in [3.05, 3.63) is 47.5 Å². The SMILES string of the molecule is CCOc1ccc(-c2nc(-c3ccc(OCCCNC)cc3CC)no2)cc1C#N. The van der Waals surface area contributed by atoms with Gasteiger partial charge in [-0.2, -0.15) is 10.2 Å². The summed E-state index contributed by atoms with van der Waals surface area (Å²) < 4.78 is 16.8. The maximum atomic E-state index is 9.37. The molecule has 1 heterocycles. The number of aryl methyl sites for hydroxylation is 1. The Bertz CT molecular complexity index is 1020. The normalized spacial score (nSPS) is 10.6. The molecule has 2 aromatic carbocycles. The smallest absolute Gasteiger partial charge is 0.258 e. The van der Waals surface area contributed by atoms with Crippen LogP contribution in [0.15, 0.2) is 40.9 Å². The summed E-state index contributed by atoms with van der Waals surface area (Å²) in [6.45, 7) is 6.03. The van der Waals surface area contributed by atoms with E-state index in [9.17, 15) is 5.26 Å². The zero-order chi connectivity index (χ0) is 21.3. The summed E-state index contributed by atoms with van der Waals surface area (Å²) >= 11 is 0. The van der Waals surface area contributed by atoms with Gasteiger partial charge in [0.05, 0.1) is 18.8 Å². The molecule has 7 heteroatoms. The molecule has 30 heavy (non-hydrogen) atoms. The molecule has 0 aliphatic rings. The van der Waals surface area contributed by atoms with Gasteiger partial charge in [-0.1, -0.05) is 12.1 Å². The second-order valence-corrected chi connectivity index (χ2v) is 6.66. The Morgan fingerprint density at radius 2 is 2.00 bits per heavy atom. The van der Waals surface area contributed by atoms with Gasteiger partial charge in [-0.15, -0.1) is 0 Å². The molecule has 0 saturated heterocycles. The minimum absolute atomic E-state index is 0.360. The quantitative estimate of drug-likeness (QED) is 0.504. The third kappa shape index (κ3) is 4.97. The summed E-state index contributed by atoms with van der Waals surface area (Å²) in [7, 11) is 1.93. The number of hydrogen-bond donors (Lipinski definition) is 1. The van der Waals surface area contributed by atoms with E-state index in [2.05, 4.69) is 28.5 Å². The highest BCUT2D eigenvalue weighted by molar-refractivity contribution is 5.65. The molecule has 3 aromatic rings. The van der Waals surface area contributed by atoms with Crippen LogP contribution in [0.5, 0.6) is 11.5 Å². The van der Waals surface area contributed by atoms with Crippen LogP contribution in [0, 0.1) is 11.3 Å². The predicted octanol–water partition coefficient (Wildman–Crippen LogP) is 4.22. The topological polar surface area (TPSA) is 93.2 Å². The van der Waals surface area contributed by atoms with Gasteiger partial charge in [0.15, 0.2) is 0 Å². The van der Waals surface area contributed by atoms with E-state index in [4.69, 9.17) is 14.0 Å². The second-order valence-electron chi connectivity index (χ2n) is 6.66. The van der Waals surface area contributed by atoms with Gasteiger partial charge in [0.25, 0.3) is 5.89 Å². The van der Waals surface area contributed by atoms with E-state index in [1.54, 1.807) is 12.1 Å².